The molecule has 21 heavy (non-hydrogen) atoms. The third-order valence-electron chi connectivity index (χ3n) is 2.78. The molecule has 0 fully saturated rings. The maximum atomic E-state index is 12.0. The molecule has 0 spiro atoms. The van der Waals surface area contributed by atoms with Gasteiger partial charge in [0, 0.05) is 17.8 Å². The minimum atomic E-state index is -1.51. The fraction of sp³-hybridized carbons (Fsp3) is 0.500. The first-order valence-electron chi connectivity index (χ1n) is 6.62. The van der Waals surface area contributed by atoms with Gasteiger partial charge >= 0.3 is 5.97 Å². The predicted molar refractivity (Wildman–Crippen MR) is 78.5 cm³/mol. The summed E-state index contributed by atoms with van der Waals surface area (Å²) in [5, 5.41) is 21.2. The highest BCUT2D eigenvalue weighted by Crippen LogP contribution is 2.13. The quantitative estimate of drug-likeness (QED) is 0.664. The number of aryl methyl sites for hydroxylation is 1. The summed E-state index contributed by atoms with van der Waals surface area (Å²) >= 11 is 5.87. The number of carboxylic acid groups (broad SMARTS) is 1. The number of carbonyl (C=O) groups is 2. The Labute approximate surface area is 128 Å². The van der Waals surface area contributed by atoms with Gasteiger partial charge in [-0.2, -0.15) is 0 Å². The number of nitrogens with zero attached hydrogens (tertiary/aromatic N) is 1. The molecule has 3 N–H and O–H groups in total. The van der Waals surface area contributed by atoms with Gasteiger partial charge in [0.2, 0.25) is 0 Å². The van der Waals surface area contributed by atoms with Crippen molar-refractivity contribution in [3.8, 4) is 0 Å². The molecule has 0 aromatic carbocycles. The maximum Gasteiger partial charge on any atom is 0.306 e. The van der Waals surface area contributed by atoms with Crippen LogP contribution < -0.4 is 5.32 Å². The molecule has 6 nitrogen and oxygen atoms in total. The monoisotopic (exact) mass is 314 g/mol. The van der Waals surface area contributed by atoms with Crippen LogP contribution in [0, 0.1) is 0 Å². The Morgan fingerprint density at radius 3 is 2.67 bits per heavy atom. The molecule has 1 aromatic rings. The van der Waals surface area contributed by atoms with Crippen molar-refractivity contribution >= 4 is 23.5 Å². The molecule has 0 aliphatic carbocycles. The minimum absolute atomic E-state index is 0.165. The zero-order valence-corrected chi connectivity index (χ0v) is 12.8. The molecule has 1 aromatic heterocycles. The summed E-state index contributed by atoms with van der Waals surface area (Å²) in [4.78, 5) is 26.7. The number of aliphatic carboxylic acids is 1. The molecule has 1 rings (SSSR count). The van der Waals surface area contributed by atoms with Gasteiger partial charge < -0.3 is 15.5 Å². The van der Waals surface area contributed by atoms with Crippen LogP contribution >= 0.6 is 11.6 Å². The molecular formula is C14H19ClN2O4. The number of aliphatic hydroxyl groups is 1. The summed E-state index contributed by atoms with van der Waals surface area (Å²) in [7, 11) is 0. The second-order valence-corrected chi connectivity index (χ2v) is 5.56. The van der Waals surface area contributed by atoms with E-state index in [4.69, 9.17) is 16.7 Å². The molecule has 0 radical (unpaired) electrons. The fourth-order valence-electron chi connectivity index (χ4n) is 1.83. The van der Waals surface area contributed by atoms with Crippen LogP contribution in [0.25, 0.3) is 0 Å². The lowest BCUT2D eigenvalue weighted by molar-refractivity contribution is -0.141. The molecule has 7 heteroatoms. The van der Waals surface area contributed by atoms with Gasteiger partial charge in [0.1, 0.15) is 5.15 Å². The topological polar surface area (TPSA) is 99.5 Å². The molecule has 0 bridgehead atoms. The Balaban J connectivity index is 2.73. The number of hydrogen-bond acceptors (Lipinski definition) is 4. The Kier molecular flexibility index (Phi) is 6.11. The number of pyridine rings is 1. The number of amides is 1. The Bertz CT molecular complexity index is 532. The summed E-state index contributed by atoms with van der Waals surface area (Å²) < 4.78 is 0. The normalized spacial score (nSPS) is 13.5. The summed E-state index contributed by atoms with van der Waals surface area (Å²) in [6.07, 6.45) is 1.13. The first kappa shape index (κ1) is 17.4. The molecule has 116 valence electrons. The third kappa shape index (κ3) is 6.10. The summed E-state index contributed by atoms with van der Waals surface area (Å²) in [5.41, 5.74) is -0.457. The summed E-state index contributed by atoms with van der Waals surface area (Å²) in [6, 6.07) is 3.07. The van der Waals surface area contributed by atoms with Gasteiger partial charge in [-0.25, -0.2) is 4.98 Å². The smallest absolute Gasteiger partial charge is 0.306 e. The summed E-state index contributed by atoms with van der Waals surface area (Å²) in [5.74, 6) is -1.56. The molecule has 0 saturated carbocycles. The van der Waals surface area contributed by atoms with E-state index in [-0.39, 0.29) is 11.7 Å². The van der Waals surface area contributed by atoms with E-state index in [0.29, 0.717) is 17.7 Å². The standard InChI is InChI=1S/C14H19ClN2O4/c1-3-4-10-5-9(6-11(15)17-10)13(20)16-8-14(2,21)7-12(18)19/h5-6,21H,3-4,7-8H2,1-2H3,(H,16,20)(H,18,19). The SMILES string of the molecule is CCCc1cc(C(=O)NCC(C)(O)CC(=O)O)cc(Cl)n1. The maximum absolute atomic E-state index is 12.0. The third-order valence-corrected chi connectivity index (χ3v) is 2.97. The van der Waals surface area contributed by atoms with Gasteiger partial charge in [-0.3, -0.25) is 9.59 Å². The van der Waals surface area contributed by atoms with Crippen molar-refractivity contribution in [2.24, 2.45) is 0 Å². The van der Waals surface area contributed by atoms with Gasteiger partial charge in [-0.1, -0.05) is 24.9 Å². The van der Waals surface area contributed by atoms with E-state index < -0.39 is 23.9 Å². The van der Waals surface area contributed by atoms with Crippen LogP contribution in [-0.2, 0) is 11.2 Å². The highest BCUT2D eigenvalue weighted by molar-refractivity contribution is 6.29. The van der Waals surface area contributed by atoms with Crippen LogP contribution in [0.3, 0.4) is 0 Å². The highest BCUT2D eigenvalue weighted by Gasteiger charge is 2.25. The van der Waals surface area contributed by atoms with Crippen molar-refractivity contribution in [3.05, 3.63) is 28.5 Å². The van der Waals surface area contributed by atoms with Crippen molar-refractivity contribution in [1.82, 2.24) is 10.3 Å². The minimum Gasteiger partial charge on any atom is -0.481 e. The van der Waals surface area contributed by atoms with Gasteiger partial charge in [-0.05, 0) is 25.5 Å². The number of nitrogens with one attached hydrogen (secondary N) is 1. The molecule has 1 unspecified atom stereocenters. The zero-order valence-electron chi connectivity index (χ0n) is 12.0. The highest BCUT2D eigenvalue weighted by atomic mass is 35.5. The van der Waals surface area contributed by atoms with E-state index in [9.17, 15) is 14.7 Å². The van der Waals surface area contributed by atoms with Crippen molar-refractivity contribution in [2.45, 2.75) is 38.7 Å². The van der Waals surface area contributed by atoms with E-state index in [2.05, 4.69) is 10.3 Å². The van der Waals surface area contributed by atoms with Crippen LogP contribution in [0.5, 0.6) is 0 Å². The van der Waals surface area contributed by atoms with Gasteiger partial charge in [0.15, 0.2) is 0 Å². The average molecular weight is 315 g/mol. The molecule has 1 amide bonds. The van der Waals surface area contributed by atoms with Crippen molar-refractivity contribution in [3.63, 3.8) is 0 Å². The lowest BCUT2D eigenvalue weighted by Gasteiger charge is -2.21. The second kappa shape index (κ2) is 7.38. The van der Waals surface area contributed by atoms with E-state index >= 15 is 0 Å². The van der Waals surface area contributed by atoms with Crippen LogP contribution in [0.1, 0.15) is 42.7 Å². The van der Waals surface area contributed by atoms with Crippen molar-refractivity contribution < 1.29 is 19.8 Å². The van der Waals surface area contributed by atoms with Gasteiger partial charge in [-0.15, -0.1) is 0 Å². The lowest BCUT2D eigenvalue weighted by atomic mass is 10.0. The van der Waals surface area contributed by atoms with Crippen molar-refractivity contribution in [2.75, 3.05) is 6.54 Å². The first-order valence-corrected chi connectivity index (χ1v) is 7.00. The number of hydrogen-bond donors (Lipinski definition) is 3. The summed E-state index contributed by atoms with van der Waals surface area (Å²) in [6.45, 7) is 3.18. The van der Waals surface area contributed by atoms with Crippen molar-refractivity contribution in [1.29, 1.82) is 0 Å². The lowest BCUT2D eigenvalue weighted by Crippen LogP contribution is -2.42. The van der Waals surface area contributed by atoms with E-state index in [0.717, 1.165) is 6.42 Å². The van der Waals surface area contributed by atoms with Crippen LogP contribution in [-0.4, -0.2) is 39.2 Å². The van der Waals surface area contributed by atoms with Crippen LogP contribution in [0.2, 0.25) is 5.15 Å². The molecular weight excluding hydrogens is 296 g/mol. The Morgan fingerprint density at radius 1 is 1.43 bits per heavy atom. The number of aromatic nitrogens is 1. The Morgan fingerprint density at radius 2 is 2.10 bits per heavy atom. The number of rotatable bonds is 7. The van der Waals surface area contributed by atoms with E-state index in [1.165, 1.54) is 13.0 Å². The molecule has 0 saturated heterocycles. The van der Waals surface area contributed by atoms with E-state index in [1.54, 1.807) is 6.07 Å². The Hall–Kier alpha value is -1.66. The average Bonchev–Trinajstić information content (AvgIpc) is 2.34. The van der Waals surface area contributed by atoms with Crippen LogP contribution in [0.15, 0.2) is 12.1 Å². The predicted octanol–water partition coefficient (Wildman–Crippen LogP) is 1.64. The molecule has 0 aliphatic heterocycles. The van der Waals surface area contributed by atoms with Gasteiger partial charge in [0.05, 0.1) is 12.0 Å². The molecule has 1 atom stereocenters. The molecule has 0 aliphatic rings. The van der Waals surface area contributed by atoms with E-state index in [1.807, 2.05) is 6.92 Å². The number of carbonyl (C=O) groups excluding carboxylic acids is 1. The fourth-order valence-corrected chi connectivity index (χ4v) is 2.05. The zero-order chi connectivity index (χ0) is 16.0. The van der Waals surface area contributed by atoms with Crippen LogP contribution in [0.4, 0.5) is 0 Å². The second-order valence-electron chi connectivity index (χ2n) is 5.17. The number of halogens is 1. The largest absolute Gasteiger partial charge is 0.481 e. The number of carboxylic acids is 1. The first-order chi connectivity index (χ1) is 9.73. The molecule has 1 heterocycles. The van der Waals surface area contributed by atoms with Gasteiger partial charge in [0.25, 0.3) is 5.91 Å².